The zero-order chi connectivity index (χ0) is 18.6. The molecule has 136 valence electrons. The first kappa shape index (κ1) is 17.5. The lowest BCUT2D eigenvalue weighted by Gasteiger charge is -2.09. The van der Waals surface area contributed by atoms with Crippen LogP contribution < -0.4 is 0 Å². The van der Waals surface area contributed by atoms with Gasteiger partial charge in [-0.05, 0) is 35.7 Å². The van der Waals surface area contributed by atoms with Gasteiger partial charge in [0, 0.05) is 24.3 Å². The topological polar surface area (TPSA) is 69.6 Å². The van der Waals surface area contributed by atoms with Gasteiger partial charge in [-0.2, -0.15) is 4.98 Å². The number of rotatable bonds is 6. The molecule has 0 bridgehead atoms. The number of hydrogen-bond acceptors (Lipinski definition) is 6. The van der Waals surface area contributed by atoms with Crippen LogP contribution in [0, 0.1) is 0 Å². The molecule has 7 heteroatoms. The van der Waals surface area contributed by atoms with Crippen molar-refractivity contribution in [3.05, 3.63) is 72.5 Å². The highest BCUT2D eigenvalue weighted by Gasteiger charge is 2.12. The van der Waals surface area contributed by atoms with Crippen LogP contribution in [0.3, 0.4) is 0 Å². The average Bonchev–Trinajstić information content (AvgIpc) is 3.36. The molecule has 27 heavy (non-hydrogen) atoms. The van der Waals surface area contributed by atoms with Gasteiger partial charge in [0.2, 0.25) is 11.7 Å². The van der Waals surface area contributed by atoms with E-state index in [4.69, 9.17) is 4.52 Å². The molecular weight excluding hydrogens is 358 g/mol. The minimum atomic E-state index is 0.499. The highest BCUT2D eigenvalue weighted by atomic mass is 32.2. The molecule has 0 fully saturated rings. The lowest BCUT2D eigenvalue weighted by Crippen LogP contribution is -1.96. The molecule has 0 saturated heterocycles. The summed E-state index contributed by atoms with van der Waals surface area (Å²) in [6.07, 6.45) is 5.47. The van der Waals surface area contributed by atoms with Gasteiger partial charge < -0.3 is 4.52 Å². The first-order valence-corrected chi connectivity index (χ1v) is 9.70. The number of pyridine rings is 1. The normalized spacial score (nSPS) is 11.2. The second-order valence-corrected chi connectivity index (χ2v) is 7.28. The molecule has 0 atom stereocenters. The average molecular weight is 377 g/mol. The number of imidazole rings is 1. The van der Waals surface area contributed by atoms with Gasteiger partial charge in [0.25, 0.3) is 0 Å². The molecule has 0 spiro atoms. The Balaban J connectivity index is 1.47. The third kappa shape index (κ3) is 3.93. The van der Waals surface area contributed by atoms with E-state index in [1.807, 2.05) is 24.4 Å². The molecule has 0 radical (unpaired) electrons. The Labute approximate surface area is 161 Å². The first-order chi connectivity index (χ1) is 13.2. The van der Waals surface area contributed by atoms with Gasteiger partial charge in [-0.15, -0.1) is 0 Å². The SMILES string of the molecule is CC(C)c1ccc(-n2ccnc2SCc2nc(-c3ccccn3)no2)cc1. The van der Waals surface area contributed by atoms with Crippen molar-refractivity contribution in [2.45, 2.75) is 30.7 Å². The number of benzene rings is 1. The molecule has 4 rings (SSSR count). The smallest absolute Gasteiger partial charge is 0.237 e. The van der Waals surface area contributed by atoms with E-state index >= 15 is 0 Å². The molecule has 0 aliphatic heterocycles. The van der Waals surface area contributed by atoms with Crippen LogP contribution in [0.1, 0.15) is 31.2 Å². The zero-order valence-electron chi connectivity index (χ0n) is 15.1. The summed E-state index contributed by atoms with van der Waals surface area (Å²) in [7, 11) is 0. The Morgan fingerprint density at radius 3 is 2.63 bits per heavy atom. The van der Waals surface area contributed by atoms with Crippen molar-refractivity contribution in [1.82, 2.24) is 24.7 Å². The Morgan fingerprint density at radius 1 is 1.04 bits per heavy atom. The highest BCUT2D eigenvalue weighted by molar-refractivity contribution is 7.98. The zero-order valence-corrected chi connectivity index (χ0v) is 15.9. The molecule has 4 aromatic rings. The lowest BCUT2D eigenvalue weighted by atomic mass is 10.0. The third-order valence-electron chi connectivity index (χ3n) is 4.13. The van der Waals surface area contributed by atoms with E-state index in [1.165, 1.54) is 5.56 Å². The molecule has 6 nitrogen and oxygen atoms in total. The van der Waals surface area contributed by atoms with Gasteiger partial charge in [-0.25, -0.2) is 4.98 Å². The van der Waals surface area contributed by atoms with Crippen LogP contribution in [-0.4, -0.2) is 24.7 Å². The lowest BCUT2D eigenvalue weighted by molar-refractivity contribution is 0.391. The second-order valence-electron chi connectivity index (χ2n) is 6.34. The molecule has 0 aliphatic carbocycles. The summed E-state index contributed by atoms with van der Waals surface area (Å²) in [5.41, 5.74) is 3.10. The number of thioether (sulfide) groups is 1. The van der Waals surface area contributed by atoms with Gasteiger partial charge in [0.05, 0.1) is 5.75 Å². The summed E-state index contributed by atoms with van der Waals surface area (Å²) in [5.74, 6) is 2.10. The van der Waals surface area contributed by atoms with E-state index in [2.05, 4.69) is 62.8 Å². The quantitative estimate of drug-likeness (QED) is 0.452. The van der Waals surface area contributed by atoms with E-state index in [0.717, 1.165) is 10.8 Å². The Morgan fingerprint density at radius 2 is 1.89 bits per heavy atom. The molecule has 0 amide bonds. The predicted molar refractivity (Wildman–Crippen MR) is 105 cm³/mol. The van der Waals surface area contributed by atoms with E-state index in [1.54, 1.807) is 24.2 Å². The van der Waals surface area contributed by atoms with Crippen molar-refractivity contribution in [3.63, 3.8) is 0 Å². The predicted octanol–water partition coefficient (Wildman–Crippen LogP) is 4.73. The van der Waals surface area contributed by atoms with Crippen LogP contribution in [0.2, 0.25) is 0 Å². The summed E-state index contributed by atoms with van der Waals surface area (Å²) in [6.45, 7) is 4.38. The van der Waals surface area contributed by atoms with Crippen molar-refractivity contribution in [1.29, 1.82) is 0 Å². The Kier molecular flexibility index (Phi) is 5.02. The second kappa shape index (κ2) is 7.75. The summed E-state index contributed by atoms with van der Waals surface area (Å²) in [4.78, 5) is 13.1. The van der Waals surface area contributed by atoms with E-state index in [-0.39, 0.29) is 0 Å². The maximum absolute atomic E-state index is 5.35. The highest BCUT2D eigenvalue weighted by Crippen LogP contribution is 2.25. The fourth-order valence-corrected chi connectivity index (χ4v) is 3.46. The standard InChI is InChI=1S/C20H19N5OS/c1-14(2)15-6-8-16(9-7-15)25-12-11-22-20(25)27-13-18-23-19(24-26-18)17-5-3-4-10-21-17/h3-12,14H,13H2,1-2H3. The molecule has 0 unspecified atom stereocenters. The van der Waals surface area contributed by atoms with Crippen LogP contribution in [0.25, 0.3) is 17.2 Å². The molecule has 0 aliphatic rings. The van der Waals surface area contributed by atoms with E-state index < -0.39 is 0 Å². The summed E-state index contributed by atoms with van der Waals surface area (Å²) in [5, 5.41) is 4.88. The van der Waals surface area contributed by atoms with Crippen molar-refractivity contribution < 1.29 is 4.52 Å². The van der Waals surface area contributed by atoms with Gasteiger partial charge in [-0.3, -0.25) is 9.55 Å². The van der Waals surface area contributed by atoms with Crippen molar-refractivity contribution in [2.24, 2.45) is 0 Å². The molecule has 0 saturated carbocycles. The van der Waals surface area contributed by atoms with Gasteiger partial charge in [0.15, 0.2) is 5.16 Å². The fraction of sp³-hybridized carbons (Fsp3) is 0.200. The van der Waals surface area contributed by atoms with Gasteiger partial charge >= 0.3 is 0 Å². The maximum Gasteiger partial charge on any atom is 0.237 e. The van der Waals surface area contributed by atoms with Gasteiger partial charge in [0.1, 0.15) is 5.69 Å². The molecule has 3 aromatic heterocycles. The monoisotopic (exact) mass is 377 g/mol. The minimum Gasteiger partial charge on any atom is -0.338 e. The summed E-state index contributed by atoms with van der Waals surface area (Å²) < 4.78 is 7.41. The maximum atomic E-state index is 5.35. The van der Waals surface area contributed by atoms with Crippen molar-refractivity contribution in [3.8, 4) is 17.2 Å². The number of nitrogens with zero attached hydrogens (tertiary/aromatic N) is 5. The van der Waals surface area contributed by atoms with Crippen molar-refractivity contribution >= 4 is 11.8 Å². The fourth-order valence-electron chi connectivity index (χ4n) is 2.65. The summed E-state index contributed by atoms with van der Waals surface area (Å²) >= 11 is 1.56. The van der Waals surface area contributed by atoms with Crippen LogP contribution >= 0.6 is 11.8 Å². The summed E-state index contributed by atoms with van der Waals surface area (Å²) in [6, 6.07) is 14.2. The number of aromatic nitrogens is 5. The minimum absolute atomic E-state index is 0.499. The molecule has 1 aromatic carbocycles. The largest absolute Gasteiger partial charge is 0.338 e. The van der Waals surface area contributed by atoms with Crippen LogP contribution in [-0.2, 0) is 5.75 Å². The van der Waals surface area contributed by atoms with Crippen LogP contribution in [0.15, 0.2) is 70.7 Å². The molecular formula is C20H19N5OS. The third-order valence-corrected chi connectivity index (χ3v) is 5.08. The van der Waals surface area contributed by atoms with Crippen LogP contribution in [0.5, 0.6) is 0 Å². The first-order valence-electron chi connectivity index (χ1n) is 8.71. The number of hydrogen-bond donors (Lipinski definition) is 0. The molecule has 3 heterocycles. The van der Waals surface area contributed by atoms with Gasteiger partial charge in [-0.1, -0.05) is 49.0 Å². The van der Waals surface area contributed by atoms with E-state index in [0.29, 0.717) is 29.1 Å². The molecule has 0 N–H and O–H groups in total. The Bertz CT molecular complexity index is 1010. The van der Waals surface area contributed by atoms with Crippen molar-refractivity contribution in [2.75, 3.05) is 0 Å². The van der Waals surface area contributed by atoms with E-state index in [9.17, 15) is 0 Å². The Hall–Kier alpha value is -2.93. The van der Waals surface area contributed by atoms with Crippen LogP contribution in [0.4, 0.5) is 0 Å².